The van der Waals surface area contributed by atoms with Gasteiger partial charge in [-0.15, -0.1) is 0 Å². The van der Waals surface area contributed by atoms with Gasteiger partial charge >= 0.3 is 0 Å². The van der Waals surface area contributed by atoms with Crippen molar-refractivity contribution in [3.63, 3.8) is 0 Å². The van der Waals surface area contributed by atoms with E-state index in [2.05, 4.69) is 20.9 Å². The molecule has 1 atom stereocenters. The molecule has 82 valence electrons. The summed E-state index contributed by atoms with van der Waals surface area (Å²) in [5.41, 5.74) is 1.50. The standard InChI is InChI=1S/C12H9BrClNO/c13-10-4-3-8(6-11(10)14)12(16)9-2-1-5-15-7-9/h1-7,12,16H. The third-order valence-corrected chi connectivity index (χ3v) is 3.49. The number of aliphatic hydroxyl groups excluding tert-OH is 1. The van der Waals surface area contributed by atoms with Crippen molar-refractivity contribution in [2.45, 2.75) is 6.10 Å². The zero-order chi connectivity index (χ0) is 11.5. The van der Waals surface area contributed by atoms with E-state index in [9.17, 15) is 5.11 Å². The van der Waals surface area contributed by atoms with E-state index in [1.165, 1.54) is 0 Å². The van der Waals surface area contributed by atoms with Crippen molar-refractivity contribution in [3.8, 4) is 0 Å². The summed E-state index contributed by atoms with van der Waals surface area (Å²) < 4.78 is 0.816. The van der Waals surface area contributed by atoms with Crippen LogP contribution in [0.3, 0.4) is 0 Å². The molecule has 2 aromatic rings. The molecule has 1 aromatic heterocycles. The van der Waals surface area contributed by atoms with Crippen LogP contribution in [-0.4, -0.2) is 10.1 Å². The molecular weight excluding hydrogens is 289 g/mol. The van der Waals surface area contributed by atoms with Gasteiger partial charge in [-0.3, -0.25) is 4.98 Å². The Morgan fingerprint density at radius 2 is 2.06 bits per heavy atom. The van der Waals surface area contributed by atoms with Crippen LogP contribution >= 0.6 is 27.5 Å². The number of pyridine rings is 1. The van der Waals surface area contributed by atoms with Gasteiger partial charge in [0.1, 0.15) is 6.10 Å². The van der Waals surface area contributed by atoms with Gasteiger partial charge in [0.25, 0.3) is 0 Å². The lowest BCUT2D eigenvalue weighted by Crippen LogP contribution is -1.99. The Hall–Kier alpha value is -0.900. The first-order chi connectivity index (χ1) is 7.68. The Labute approximate surface area is 107 Å². The van der Waals surface area contributed by atoms with Gasteiger partial charge in [-0.25, -0.2) is 0 Å². The summed E-state index contributed by atoms with van der Waals surface area (Å²) in [6.07, 6.45) is 2.62. The monoisotopic (exact) mass is 297 g/mol. The number of nitrogens with zero attached hydrogens (tertiary/aromatic N) is 1. The molecule has 0 fully saturated rings. The maximum Gasteiger partial charge on any atom is 0.106 e. The van der Waals surface area contributed by atoms with Crippen LogP contribution in [0.25, 0.3) is 0 Å². The maximum atomic E-state index is 10.1. The molecule has 4 heteroatoms. The van der Waals surface area contributed by atoms with Gasteiger partial charge in [-0.2, -0.15) is 0 Å². The molecule has 2 rings (SSSR count). The number of halogens is 2. The lowest BCUT2D eigenvalue weighted by atomic mass is 10.0. The zero-order valence-corrected chi connectivity index (χ0v) is 10.6. The fourth-order valence-electron chi connectivity index (χ4n) is 1.41. The quantitative estimate of drug-likeness (QED) is 0.919. The normalized spacial score (nSPS) is 12.4. The second-order valence-corrected chi connectivity index (χ2v) is 4.62. The fraction of sp³-hybridized carbons (Fsp3) is 0.0833. The van der Waals surface area contributed by atoms with Crippen LogP contribution in [0.5, 0.6) is 0 Å². The number of aliphatic hydroxyl groups is 1. The van der Waals surface area contributed by atoms with Crippen molar-refractivity contribution in [2.24, 2.45) is 0 Å². The molecule has 0 saturated heterocycles. The van der Waals surface area contributed by atoms with Gasteiger partial charge in [0.2, 0.25) is 0 Å². The highest BCUT2D eigenvalue weighted by molar-refractivity contribution is 9.10. The number of rotatable bonds is 2. The van der Waals surface area contributed by atoms with Crippen molar-refractivity contribution >= 4 is 27.5 Å². The molecule has 0 aliphatic heterocycles. The van der Waals surface area contributed by atoms with Gasteiger partial charge in [-0.05, 0) is 39.7 Å². The molecule has 1 unspecified atom stereocenters. The molecule has 0 radical (unpaired) electrons. The highest BCUT2D eigenvalue weighted by Crippen LogP contribution is 2.28. The molecule has 0 amide bonds. The van der Waals surface area contributed by atoms with Gasteiger partial charge < -0.3 is 5.11 Å². The van der Waals surface area contributed by atoms with E-state index in [1.807, 2.05) is 18.2 Å². The minimum Gasteiger partial charge on any atom is -0.384 e. The second-order valence-electron chi connectivity index (χ2n) is 3.36. The largest absolute Gasteiger partial charge is 0.384 e. The predicted molar refractivity (Wildman–Crippen MR) is 67.5 cm³/mol. The summed E-state index contributed by atoms with van der Waals surface area (Å²) in [5.74, 6) is 0. The first-order valence-corrected chi connectivity index (χ1v) is 5.88. The first-order valence-electron chi connectivity index (χ1n) is 4.71. The minimum atomic E-state index is -0.695. The van der Waals surface area contributed by atoms with Gasteiger partial charge in [0, 0.05) is 22.4 Å². The van der Waals surface area contributed by atoms with Crippen LogP contribution in [0.1, 0.15) is 17.2 Å². The Bertz CT molecular complexity index is 490. The number of hydrogen-bond donors (Lipinski definition) is 1. The van der Waals surface area contributed by atoms with Crippen molar-refractivity contribution in [3.05, 3.63) is 63.3 Å². The minimum absolute atomic E-state index is 0.584. The highest BCUT2D eigenvalue weighted by atomic mass is 79.9. The Kier molecular flexibility index (Phi) is 3.59. The summed E-state index contributed by atoms with van der Waals surface area (Å²) in [5, 5.41) is 10.7. The van der Waals surface area contributed by atoms with Crippen LogP contribution < -0.4 is 0 Å². The van der Waals surface area contributed by atoms with Crippen LogP contribution in [0, 0.1) is 0 Å². The maximum absolute atomic E-state index is 10.1. The average molecular weight is 299 g/mol. The first kappa shape index (κ1) is 11.6. The summed E-state index contributed by atoms with van der Waals surface area (Å²) in [6.45, 7) is 0. The SMILES string of the molecule is OC(c1cccnc1)c1ccc(Br)c(Cl)c1. The van der Waals surface area contributed by atoms with Gasteiger partial charge in [0.05, 0.1) is 5.02 Å². The summed E-state index contributed by atoms with van der Waals surface area (Å²) in [6, 6.07) is 9.00. The van der Waals surface area contributed by atoms with E-state index < -0.39 is 6.10 Å². The van der Waals surface area contributed by atoms with E-state index >= 15 is 0 Å². The van der Waals surface area contributed by atoms with Crippen molar-refractivity contribution in [1.29, 1.82) is 0 Å². The fourth-order valence-corrected chi connectivity index (χ4v) is 1.85. The molecule has 0 bridgehead atoms. The smallest absolute Gasteiger partial charge is 0.106 e. The van der Waals surface area contributed by atoms with Crippen LogP contribution in [0.4, 0.5) is 0 Å². The summed E-state index contributed by atoms with van der Waals surface area (Å²) >= 11 is 9.28. The zero-order valence-electron chi connectivity index (χ0n) is 8.27. The van der Waals surface area contributed by atoms with Crippen LogP contribution in [0.15, 0.2) is 47.2 Å². The molecule has 1 aromatic carbocycles. The van der Waals surface area contributed by atoms with Gasteiger partial charge in [0.15, 0.2) is 0 Å². The third-order valence-electron chi connectivity index (χ3n) is 2.26. The number of benzene rings is 1. The topological polar surface area (TPSA) is 33.1 Å². The summed E-state index contributed by atoms with van der Waals surface area (Å²) in [7, 11) is 0. The molecule has 0 spiro atoms. The Morgan fingerprint density at radius 3 is 2.69 bits per heavy atom. The second kappa shape index (κ2) is 4.95. The van der Waals surface area contributed by atoms with Crippen molar-refractivity contribution in [1.82, 2.24) is 4.98 Å². The van der Waals surface area contributed by atoms with E-state index in [0.29, 0.717) is 5.02 Å². The molecule has 0 saturated carbocycles. The molecule has 16 heavy (non-hydrogen) atoms. The molecule has 1 N–H and O–H groups in total. The highest BCUT2D eigenvalue weighted by Gasteiger charge is 2.11. The Morgan fingerprint density at radius 1 is 1.25 bits per heavy atom. The van der Waals surface area contributed by atoms with Crippen LogP contribution in [-0.2, 0) is 0 Å². The van der Waals surface area contributed by atoms with Crippen LogP contribution in [0.2, 0.25) is 5.02 Å². The van der Waals surface area contributed by atoms with Crippen molar-refractivity contribution in [2.75, 3.05) is 0 Å². The van der Waals surface area contributed by atoms with Crippen molar-refractivity contribution < 1.29 is 5.11 Å². The lowest BCUT2D eigenvalue weighted by Gasteiger charge is -2.11. The molecule has 0 aliphatic rings. The number of hydrogen-bond acceptors (Lipinski definition) is 2. The summed E-state index contributed by atoms with van der Waals surface area (Å²) in [4.78, 5) is 3.97. The molecule has 0 aliphatic carbocycles. The van der Waals surface area contributed by atoms with E-state index in [0.717, 1.165) is 15.6 Å². The molecular formula is C12H9BrClNO. The average Bonchev–Trinajstić information content (AvgIpc) is 2.33. The van der Waals surface area contributed by atoms with E-state index in [1.54, 1.807) is 24.5 Å². The predicted octanol–water partition coefficient (Wildman–Crippen LogP) is 3.58. The Balaban J connectivity index is 2.34. The van der Waals surface area contributed by atoms with Gasteiger partial charge in [-0.1, -0.05) is 23.7 Å². The number of aromatic nitrogens is 1. The molecule has 2 nitrogen and oxygen atoms in total. The third kappa shape index (κ3) is 2.43. The van der Waals surface area contributed by atoms with E-state index in [-0.39, 0.29) is 0 Å². The molecule has 1 heterocycles. The lowest BCUT2D eigenvalue weighted by molar-refractivity contribution is 0.220. The van der Waals surface area contributed by atoms with E-state index in [4.69, 9.17) is 11.6 Å².